The van der Waals surface area contributed by atoms with E-state index in [1.807, 2.05) is 25.1 Å². The van der Waals surface area contributed by atoms with Crippen LogP contribution in [0.1, 0.15) is 23.2 Å². The van der Waals surface area contributed by atoms with Crippen molar-refractivity contribution in [2.45, 2.75) is 18.9 Å². The first-order chi connectivity index (χ1) is 11.6. The normalized spacial score (nSPS) is 17.4. The molecule has 0 unspecified atom stereocenters. The molecule has 2 aromatic heterocycles. The van der Waals surface area contributed by atoms with Gasteiger partial charge in [-0.3, -0.25) is 9.78 Å². The molecule has 0 bridgehead atoms. The predicted molar refractivity (Wildman–Crippen MR) is 93.3 cm³/mol. The largest absolute Gasteiger partial charge is 0.363 e. The summed E-state index contributed by atoms with van der Waals surface area (Å²) in [5.74, 6) is 1.70. The zero-order chi connectivity index (χ0) is 16.9. The maximum absolute atomic E-state index is 12.3. The van der Waals surface area contributed by atoms with Crippen molar-refractivity contribution in [3.8, 4) is 0 Å². The molecule has 2 aromatic rings. The smallest absolute Gasteiger partial charge is 0.253 e. The molecule has 7 heteroatoms. The summed E-state index contributed by atoms with van der Waals surface area (Å²) >= 11 is 0. The second-order valence-corrected chi connectivity index (χ2v) is 6.13. The second kappa shape index (κ2) is 7.25. The average Bonchev–Trinajstić information content (AvgIpc) is 2.63. The minimum Gasteiger partial charge on any atom is -0.363 e. The van der Waals surface area contributed by atoms with Crippen LogP contribution in [0.25, 0.3) is 0 Å². The molecule has 0 radical (unpaired) electrons. The van der Waals surface area contributed by atoms with Crippen molar-refractivity contribution in [2.75, 3.05) is 37.0 Å². The second-order valence-electron chi connectivity index (χ2n) is 6.13. The summed E-state index contributed by atoms with van der Waals surface area (Å²) in [6.07, 6.45) is 6.82. The van der Waals surface area contributed by atoms with Gasteiger partial charge in [-0.25, -0.2) is 9.97 Å². The number of aromatic nitrogens is 3. The van der Waals surface area contributed by atoms with E-state index in [0.717, 1.165) is 37.6 Å². The molecule has 1 saturated heterocycles. The molecular formula is C17H22N6O. The van der Waals surface area contributed by atoms with Gasteiger partial charge in [-0.15, -0.1) is 0 Å². The molecule has 1 aliphatic heterocycles. The van der Waals surface area contributed by atoms with Gasteiger partial charge in [0.2, 0.25) is 0 Å². The first-order valence-corrected chi connectivity index (χ1v) is 8.08. The molecule has 7 nitrogen and oxygen atoms in total. The lowest BCUT2D eigenvalue weighted by atomic mass is 10.1. The van der Waals surface area contributed by atoms with Gasteiger partial charge in [0.25, 0.3) is 5.91 Å². The van der Waals surface area contributed by atoms with Crippen LogP contribution in [0.15, 0.2) is 36.9 Å². The number of rotatable bonds is 4. The molecule has 1 fully saturated rings. The van der Waals surface area contributed by atoms with Gasteiger partial charge in [0.05, 0.1) is 5.56 Å². The van der Waals surface area contributed by atoms with Crippen molar-refractivity contribution in [3.63, 3.8) is 0 Å². The fourth-order valence-electron chi connectivity index (χ4n) is 2.82. The maximum atomic E-state index is 12.3. The van der Waals surface area contributed by atoms with E-state index in [9.17, 15) is 4.79 Å². The topological polar surface area (TPSA) is 74.2 Å². The number of hydrogen-bond acceptors (Lipinski definition) is 6. The lowest BCUT2D eigenvalue weighted by Crippen LogP contribution is -2.48. The van der Waals surface area contributed by atoms with Gasteiger partial charge in [0, 0.05) is 51.7 Å². The first-order valence-electron chi connectivity index (χ1n) is 8.08. The minimum atomic E-state index is -0.0772. The molecule has 3 heterocycles. The third-order valence-corrected chi connectivity index (χ3v) is 4.10. The number of pyridine rings is 1. The Bertz CT molecular complexity index is 690. The molecule has 0 aliphatic carbocycles. The zero-order valence-corrected chi connectivity index (χ0v) is 14.0. The lowest BCUT2D eigenvalue weighted by Gasteiger charge is -2.34. The monoisotopic (exact) mass is 326 g/mol. The number of carbonyl (C=O) groups excluding carboxylic acids is 1. The highest BCUT2D eigenvalue weighted by molar-refractivity contribution is 5.94. The summed E-state index contributed by atoms with van der Waals surface area (Å²) in [6, 6.07) is 5.62. The Morgan fingerprint density at radius 2 is 2.25 bits per heavy atom. The van der Waals surface area contributed by atoms with E-state index in [1.165, 1.54) is 0 Å². The SMILES string of the molecule is CN(C)c1cc(N2CCC[C@H](NC(=O)c3cccnc3)C2)ncn1. The van der Waals surface area contributed by atoms with Crippen molar-refractivity contribution in [2.24, 2.45) is 0 Å². The number of carbonyl (C=O) groups is 1. The minimum absolute atomic E-state index is 0.0772. The maximum Gasteiger partial charge on any atom is 0.253 e. The van der Waals surface area contributed by atoms with E-state index >= 15 is 0 Å². The number of hydrogen-bond donors (Lipinski definition) is 1. The highest BCUT2D eigenvalue weighted by atomic mass is 16.1. The highest BCUT2D eigenvalue weighted by Gasteiger charge is 2.23. The number of amides is 1. The van der Waals surface area contributed by atoms with E-state index in [4.69, 9.17) is 0 Å². The molecule has 1 atom stereocenters. The summed E-state index contributed by atoms with van der Waals surface area (Å²) < 4.78 is 0. The molecular weight excluding hydrogens is 304 g/mol. The van der Waals surface area contributed by atoms with Crippen molar-refractivity contribution in [1.29, 1.82) is 0 Å². The van der Waals surface area contributed by atoms with Crippen LogP contribution in [0, 0.1) is 0 Å². The third-order valence-electron chi connectivity index (χ3n) is 4.10. The Hall–Kier alpha value is -2.70. The summed E-state index contributed by atoms with van der Waals surface area (Å²) in [7, 11) is 3.92. The van der Waals surface area contributed by atoms with E-state index in [2.05, 4.69) is 25.2 Å². The summed E-state index contributed by atoms with van der Waals surface area (Å²) in [5.41, 5.74) is 0.589. The molecule has 0 aromatic carbocycles. The molecule has 126 valence electrons. The lowest BCUT2D eigenvalue weighted by molar-refractivity contribution is 0.0932. The summed E-state index contributed by atoms with van der Waals surface area (Å²) in [4.78, 5) is 29.1. The van der Waals surface area contributed by atoms with Gasteiger partial charge in [0.15, 0.2) is 0 Å². The van der Waals surface area contributed by atoms with Gasteiger partial charge in [-0.2, -0.15) is 0 Å². The molecule has 24 heavy (non-hydrogen) atoms. The van der Waals surface area contributed by atoms with Gasteiger partial charge in [-0.1, -0.05) is 0 Å². The highest BCUT2D eigenvalue weighted by Crippen LogP contribution is 2.20. The van der Waals surface area contributed by atoms with Gasteiger partial charge in [-0.05, 0) is 25.0 Å². The Kier molecular flexibility index (Phi) is 4.88. The van der Waals surface area contributed by atoms with Crippen LogP contribution in [0.5, 0.6) is 0 Å². The average molecular weight is 326 g/mol. The number of nitrogens with zero attached hydrogens (tertiary/aromatic N) is 5. The van der Waals surface area contributed by atoms with Crippen molar-refractivity contribution >= 4 is 17.5 Å². The standard InChI is InChI=1S/C17H22N6O/c1-22(2)15-9-16(20-12-19-15)23-8-4-6-14(11-23)21-17(24)13-5-3-7-18-10-13/h3,5,7,9-10,12,14H,4,6,8,11H2,1-2H3,(H,21,24)/t14-/m0/s1. The Labute approximate surface area is 141 Å². The number of anilines is 2. The molecule has 1 aliphatic rings. The van der Waals surface area contributed by atoms with Crippen LogP contribution in [0.2, 0.25) is 0 Å². The molecule has 1 N–H and O–H groups in total. The van der Waals surface area contributed by atoms with Crippen LogP contribution in [0.3, 0.4) is 0 Å². The summed E-state index contributed by atoms with van der Waals surface area (Å²) in [5, 5.41) is 3.10. The predicted octanol–water partition coefficient (Wildman–Crippen LogP) is 1.34. The quantitative estimate of drug-likeness (QED) is 0.914. The number of piperidine rings is 1. The molecule has 0 saturated carbocycles. The fraction of sp³-hybridized carbons (Fsp3) is 0.412. The van der Waals surface area contributed by atoms with Crippen LogP contribution < -0.4 is 15.1 Å². The summed E-state index contributed by atoms with van der Waals surface area (Å²) in [6.45, 7) is 1.68. The fourth-order valence-corrected chi connectivity index (χ4v) is 2.82. The zero-order valence-electron chi connectivity index (χ0n) is 14.0. The van der Waals surface area contributed by atoms with Gasteiger partial charge >= 0.3 is 0 Å². The van der Waals surface area contributed by atoms with E-state index in [0.29, 0.717) is 5.56 Å². The van der Waals surface area contributed by atoms with E-state index in [1.54, 1.807) is 30.9 Å². The van der Waals surface area contributed by atoms with Crippen molar-refractivity contribution < 1.29 is 4.79 Å². The van der Waals surface area contributed by atoms with Crippen LogP contribution in [-0.2, 0) is 0 Å². The van der Waals surface area contributed by atoms with E-state index in [-0.39, 0.29) is 11.9 Å². The van der Waals surface area contributed by atoms with E-state index < -0.39 is 0 Å². The molecule has 3 rings (SSSR count). The Morgan fingerprint density at radius 3 is 3.00 bits per heavy atom. The van der Waals surface area contributed by atoms with Crippen molar-refractivity contribution in [1.82, 2.24) is 20.3 Å². The Morgan fingerprint density at radius 1 is 1.38 bits per heavy atom. The van der Waals surface area contributed by atoms with Crippen LogP contribution in [-0.4, -0.2) is 54.1 Å². The van der Waals surface area contributed by atoms with Crippen molar-refractivity contribution in [3.05, 3.63) is 42.5 Å². The number of nitrogens with one attached hydrogen (secondary N) is 1. The Balaban J connectivity index is 1.66. The third kappa shape index (κ3) is 3.79. The van der Waals surface area contributed by atoms with Crippen LogP contribution >= 0.6 is 0 Å². The van der Waals surface area contributed by atoms with Gasteiger partial charge in [0.1, 0.15) is 18.0 Å². The van der Waals surface area contributed by atoms with Crippen LogP contribution in [0.4, 0.5) is 11.6 Å². The van der Waals surface area contributed by atoms with Gasteiger partial charge < -0.3 is 15.1 Å². The first kappa shape index (κ1) is 16.2. The molecule has 1 amide bonds. The molecule has 0 spiro atoms.